The first-order valence-electron chi connectivity index (χ1n) is 6.07. The van der Waals surface area contributed by atoms with Crippen LogP contribution in [0.3, 0.4) is 0 Å². The summed E-state index contributed by atoms with van der Waals surface area (Å²) >= 11 is 0. The molecule has 0 aliphatic carbocycles. The van der Waals surface area contributed by atoms with Crippen molar-refractivity contribution in [1.29, 1.82) is 0 Å². The van der Waals surface area contributed by atoms with Crippen molar-refractivity contribution < 1.29 is 13.9 Å². The molecule has 0 amide bonds. The zero-order valence-electron chi connectivity index (χ0n) is 12.1. The molecule has 1 N–H and O–H groups in total. The van der Waals surface area contributed by atoms with Crippen LogP contribution in [0.1, 0.15) is 37.5 Å². The SMILES string of the molecule is Cc1cc(C)c(OP(O)OCC(C)(C)C)c(C)c1. The van der Waals surface area contributed by atoms with E-state index in [-0.39, 0.29) is 5.41 Å². The molecule has 0 fully saturated rings. The van der Waals surface area contributed by atoms with Crippen LogP contribution in [0.4, 0.5) is 0 Å². The van der Waals surface area contributed by atoms with Crippen molar-refractivity contribution >= 4 is 8.60 Å². The zero-order chi connectivity index (χ0) is 13.9. The number of rotatable bonds is 4. The van der Waals surface area contributed by atoms with E-state index in [0.29, 0.717) is 6.61 Å². The minimum atomic E-state index is -1.86. The highest BCUT2D eigenvalue weighted by atomic mass is 31.2. The van der Waals surface area contributed by atoms with Crippen LogP contribution < -0.4 is 4.52 Å². The van der Waals surface area contributed by atoms with Gasteiger partial charge in [-0.05, 0) is 37.3 Å². The third kappa shape index (κ3) is 4.93. The minimum Gasteiger partial charge on any atom is -0.426 e. The maximum atomic E-state index is 9.80. The monoisotopic (exact) mass is 270 g/mol. The predicted octanol–water partition coefficient (Wildman–Crippen LogP) is 4.27. The van der Waals surface area contributed by atoms with Crippen molar-refractivity contribution in [2.24, 2.45) is 5.41 Å². The Morgan fingerprint density at radius 3 is 2.06 bits per heavy atom. The summed E-state index contributed by atoms with van der Waals surface area (Å²) in [5.74, 6) is 0.725. The molecule has 0 aromatic heterocycles. The molecule has 1 atom stereocenters. The van der Waals surface area contributed by atoms with Crippen molar-refractivity contribution in [3.63, 3.8) is 0 Å². The van der Waals surface area contributed by atoms with Crippen molar-refractivity contribution in [1.82, 2.24) is 0 Å². The lowest BCUT2D eigenvalue weighted by Gasteiger charge is -2.21. The van der Waals surface area contributed by atoms with Crippen molar-refractivity contribution in [2.75, 3.05) is 6.61 Å². The summed E-state index contributed by atoms with van der Waals surface area (Å²) in [7, 11) is -1.86. The van der Waals surface area contributed by atoms with Crippen molar-refractivity contribution in [3.05, 3.63) is 28.8 Å². The number of benzene rings is 1. The molecule has 0 bridgehead atoms. The molecule has 0 spiro atoms. The molecule has 0 aliphatic rings. The second kappa shape index (κ2) is 6.01. The van der Waals surface area contributed by atoms with Gasteiger partial charge >= 0.3 is 8.60 Å². The van der Waals surface area contributed by atoms with E-state index < -0.39 is 8.60 Å². The molecule has 1 aromatic rings. The largest absolute Gasteiger partial charge is 0.426 e. The smallest absolute Gasteiger partial charge is 0.394 e. The molecule has 1 aromatic carbocycles. The lowest BCUT2D eigenvalue weighted by atomic mass is 9.99. The molecule has 3 nitrogen and oxygen atoms in total. The number of hydrogen-bond donors (Lipinski definition) is 1. The molecule has 102 valence electrons. The first-order chi connectivity index (χ1) is 8.19. The van der Waals surface area contributed by atoms with E-state index in [1.807, 2.05) is 32.9 Å². The fraction of sp³-hybridized carbons (Fsp3) is 0.571. The van der Waals surface area contributed by atoms with E-state index in [9.17, 15) is 4.89 Å². The third-order valence-corrected chi connectivity index (χ3v) is 3.07. The first kappa shape index (κ1) is 15.4. The van der Waals surface area contributed by atoms with Gasteiger partial charge in [-0.3, -0.25) is 0 Å². The van der Waals surface area contributed by atoms with Gasteiger partial charge in [0.15, 0.2) is 0 Å². The normalized spacial score (nSPS) is 13.5. The van der Waals surface area contributed by atoms with E-state index in [1.165, 1.54) is 5.56 Å². The maximum Gasteiger partial charge on any atom is 0.394 e. The molecule has 0 saturated heterocycles. The Hall–Kier alpha value is -0.630. The molecular formula is C14H23O3P. The topological polar surface area (TPSA) is 38.7 Å². The van der Waals surface area contributed by atoms with Gasteiger partial charge in [0.25, 0.3) is 0 Å². The molecule has 0 aliphatic heterocycles. The standard InChI is InChI=1S/C14H23O3P/c1-10-7-11(2)13(12(3)8-10)17-18(15)16-9-14(4,5)6/h7-8,15H,9H2,1-6H3. The molecule has 1 rings (SSSR count). The van der Waals surface area contributed by atoms with E-state index in [1.54, 1.807) is 0 Å². The van der Waals surface area contributed by atoms with Crippen LogP contribution in [0, 0.1) is 26.2 Å². The summed E-state index contributed by atoms with van der Waals surface area (Å²) in [5.41, 5.74) is 3.25. The van der Waals surface area contributed by atoms with Crippen LogP contribution in [0.15, 0.2) is 12.1 Å². The highest BCUT2D eigenvalue weighted by Crippen LogP contribution is 2.39. The summed E-state index contributed by atoms with van der Waals surface area (Å²) in [6.45, 7) is 12.6. The Labute approximate surface area is 111 Å². The van der Waals surface area contributed by atoms with E-state index in [4.69, 9.17) is 9.05 Å². The fourth-order valence-electron chi connectivity index (χ4n) is 1.66. The average Bonchev–Trinajstić information content (AvgIpc) is 2.19. The predicted molar refractivity (Wildman–Crippen MR) is 75.8 cm³/mol. The second-order valence-corrected chi connectivity index (χ2v) is 6.81. The van der Waals surface area contributed by atoms with Gasteiger partial charge in [0.2, 0.25) is 0 Å². The molecule has 0 heterocycles. The summed E-state index contributed by atoms with van der Waals surface area (Å²) < 4.78 is 10.9. The molecule has 0 saturated carbocycles. The van der Waals surface area contributed by atoms with Crippen LogP contribution >= 0.6 is 8.60 Å². The second-order valence-electron chi connectivity index (χ2n) is 5.89. The fourth-order valence-corrected chi connectivity index (χ4v) is 2.66. The van der Waals surface area contributed by atoms with Crippen LogP contribution in [-0.4, -0.2) is 11.5 Å². The van der Waals surface area contributed by atoms with E-state index >= 15 is 0 Å². The van der Waals surface area contributed by atoms with Crippen LogP contribution in [0.25, 0.3) is 0 Å². The number of aryl methyl sites for hydroxylation is 3. The van der Waals surface area contributed by atoms with Crippen molar-refractivity contribution in [3.8, 4) is 5.75 Å². The van der Waals surface area contributed by atoms with Crippen LogP contribution in [0.2, 0.25) is 0 Å². The minimum absolute atomic E-state index is 0.0179. The van der Waals surface area contributed by atoms with E-state index in [0.717, 1.165) is 16.9 Å². The summed E-state index contributed by atoms with van der Waals surface area (Å²) in [6.07, 6.45) is 0. The van der Waals surface area contributed by atoms with Gasteiger partial charge in [-0.15, -0.1) is 0 Å². The summed E-state index contributed by atoms with van der Waals surface area (Å²) in [6, 6.07) is 4.07. The van der Waals surface area contributed by atoms with Crippen LogP contribution in [-0.2, 0) is 4.52 Å². The van der Waals surface area contributed by atoms with Gasteiger partial charge in [0.1, 0.15) is 5.75 Å². The highest BCUT2D eigenvalue weighted by Gasteiger charge is 2.18. The quantitative estimate of drug-likeness (QED) is 0.830. The molecule has 18 heavy (non-hydrogen) atoms. The van der Waals surface area contributed by atoms with Crippen LogP contribution in [0.5, 0.6) is 5.75 Å². The molecule has 1 unspecified atom stereocenters. The van der Waals surface area contributed by atoms with Gasteiger partial charge in [-0.1, -0.05) is 38.5 Å². The zero-order valence-corrected chi connectivity index (χ0v) is 13.0. The van der Waals surface area contributed by atoms with Gasteiger partial charge in [0.05, 0.1) is 6.61 Å². The average molecular weight is 270 g/mol. The van der Waals surface area contributed by atoms with Crippen molar-refractivity contribution in [2.45, 2.75) is 41.5 Å². The number of hydrogen-bond acceptors (Lipinski definition) is 3. The van der Waals surface area contributed by atoms with Gasteiger partial charge in [-0.25, -0.2) is 0 Å². The van der Waals surface area contributed by atoms with Gasteiger partial charge in [-0.2, -0.15) is 0 Å². The van der Waals surface area contributed by atoms with Gasteiger partial charge < -0.3 is 13.9 Å². The summed E-state index contributed by atoms with van der Waals surface area (Å²) in [5, 5.41) is 0. The Balaban J connectivity index is 2.68. The molecule has 4 heteroatoms. The highest BCUT2D eigenvalue weighted by molar-refractivity contribution is 7.41. The van der Waals surface area contributed by atoms with E-state index in [2.05, 4.69) is 20.8 Å². The summed E-state index contributed by atoms with van der Waals surface area (Å²) in [4.78, 5) is 9.80. The maximum absolute atomic E-state index is 9.80. The Bertz CT molecular complexity index is 387. The third-order valence-electron chi connectivity index (χ3n) is 2.38. The lowest BCUT2D eigenvalue weighted by Crippen LogP contribution is -2.13. The first-order valence-corrected chi connectivity index (χ1v) is 7.20. The Morgan fingerprint density at radius 1 is 1.11 bits per heavy atom. The Morgan fingerprint density at radius 2 is 1.61 bits per heavy atom. The molecule has 0 radical (unpaired) electrons. The Kier molecular flexibility index (Phi) is 5.15. The molecular weight excluding hydrogens is 247 g/mol. The van der Waals surface area contributed by atoms with Gasteiger partial charge in [0, 0.05) is 0 Å². The lowest BCUT2D eigenvalue weighted by molar-refractivity contribution is 0.175.